The SMILES string of the molecule is CC1(C)NCCN1N. The number of hydrogen-bond acceptors (Lipinski definition) is 3. The van der Waals surface area contributed by atoms with Gasteiger partial charge in [0.05, 0.1) is 5.66 Å². The van der Waals surface area contributed by atoms with Gasteiger partial charge >= 0.3 is 0 Å². The lowest BCUT2D eigenvalue weighted by Gasteiger charge is -2.26. The molecule has 0 bridgehead atoms. The van der Waals surface area contributed by atoms with E-state index in [1.165, 1.54) is 0 Å². The molecule has 1 fully saturated rings. The third-order valence-electron chi connectivity index (χ3n) is 1.63. The summed E-state index contributed by atoms with van der Waals surface area (Å²) < 4.78 is 0. The monoisotopic (exact) mass is 115 g/mol. The van der Waals surface area contributed by atoms with E-state index in [9.17, 15) is 0 Å². The fourth-order valence-electron chi connectivity index (χ4n) is 0.863. The average molecular weight is 115 g/mol. The van der Waals surface area contributed by atoms with E-state index in [4.69, 9.17) is 5.84 Å². The Morgan fingerprint density at radius 1 is 1.62 bits per heavy atom. The van der Waals surface area contributed by atoms with E-state index in [-0.39, 0.29) is 5.66 Å². The van der Waals surface area contributed by atoms with Crippen LogP contribution in [0.5, 0.6) is 0 Å². The highest BCUT2D eigenvalue weighted by Crippen LogP contribution is 2.08. The van der Waals surface area contributed by atoms with Gasteiger partial charge in [-0.05, 0) is 13.8 Å². The lowest BCUT2D eigenvalue weighted by molar-refractivity contribution is 0.160. The molecule has 3 nitrogen and oxygen atoms in total. The van der Waals surface area contributed by atoms with Crippen LogP contribution in [-0.4, -0.2) is 23.8 Å². The Labute approximate surface area is 49.8 Å². The maximum Gasteiger partial charge on any atom is 0.0787 e. The van der Waals surface area contributed by atoms with Gasteiger partial charge in [0.25, 0.3) is 0 Å². The van der Waals surface area contributed by atoms with Gasteiger partial charge < -0.3 is 0 Å². The molecule has 1 saturated heterocycles. The van der Waals surface area contributed by atoms with Gasteiger partial charge in [0, 0.05) is 13.1 Å². The van der Waals surface area contributed by atoms with Gasteiger partial charge in [-0.1, -0.05) is 0 Å². The molecule has 0 amide bonds. The van der Waals surface area contributed by atoms with Crippen molar-refractivity contribution in [1.29, 1.82) is 0 Å². The molecule has 1 aliphatic heterocycles. The van der Waals surface area contributed by atoms with Crippen LogP contribution in [-0.2, 0) is 0 Å². The van der Waals surface area contributed by atoms with Crippen molar-refractivity contribution in [3.8, 4) is 0 Å². The summed E-state index contributed by atoms with van der Waals surface area (Å²) in [5.41, 5.74) is 0.0139. The first kappa shape index (κ1) is 6.01. The molecule has 0 radical (unpaired) electrons. The molecule has 0 spiro atoms. The Kier molecular flexibility index (Phi) is 1.27. The van der Waals surface area contributed by atoms with Gasteiger partial charge in [-0.25, -0.2) is 5.01 Å². The minimum atomic E-state index is 0.0139. The number of hydrogen-bond donors (Lipinski definition) is 2. The molecule has 1 heterocycles. The maximum atomic E-state index is 5.58. The summed E-state index contributed by atoms with van der Waals surface area (Å²) in [5.74, 6) is 5.58. The van der Waals surface area contributed by atoms with Crippen LogP contribution >= 0.6 is 0 Å². The molecular formula is C5H13N3. The minimum absolute atomic E-state index is 0.0139. The van der Waals surface area contributed by atoms with Crippen LogP contribution in [0.1, 0.15) is 13.8 Å². The van der Waals surface area contributed by atoms with E-state index in [1.54, 1.807) is 0 Å². The summed E-state index contributed by atoms with van der Waals surface area (Å²) >= 11 is 0. The van der Waals surface area contributed by atoms with Crippen molar-refractivity contribution in [2.24, 2.45) is 5.84 Å². The maximum absolute atomic E-state index is 5.58. The van der Waals surface area contributed by atoms with E-state index in [0.29, 0.717) is 0 Å². The second-order valence-corrected chi connectivity index (χ2v) is 2.68. The molecule has 0 saturated carbocycles. The van der Waals surface area contributed by atoms with Gasteiger partial charge in [-0.3, -0.25) is 11.2 Å². The Morgan fingerprint density at radius 3 is 2.38 bits per heavy atom. The lowest BCUT2D eigenvalue weighted by Crippen LogP contribution is -2.49. The predicted octanol–water partition coefficient (Wildman–Crippen LogP) is -0.499. The van der Waals surface area contributed by atoms with E-state index >= 15 is 0 Å². The topological polar surface area (TPSA) is 41.3 Å². The average Bonchev–Trinajstić information content (AvgIpc) is 1.86. The van der Waals surface area contributed by atoms with E-state index < -0.39 is 0 Å². The smallest absolute Gasteiger partial charge is 0.0787 e. The highest BCUT2D eigenvalue weighted by molar-refractivity contribution is 4.81. The molecule has 0 atom stereocenters. The van der Waals surface area contributed by atoms with Crippen molar-refractivity contribution in [3.05, 3.63) is 0 Å². The van der Waals surface area contributed by atoms with Crippen LogP contribution in [0.25, 0.3) is 0 Å². The first-order chi connectivity index (χ1) is 3.63. The summed E-state index contributed by atoms with van der Waals surface area (Å²) in [4.78, 5) is 0. The van der Waals surface area contributed by atoms with Crippen molar-refractivity contribution >= 4 is 0 Å². The number of hydrazine groups is 1. The highest BCUT2D eigenvalue weighted by Gasteiger charge is 2.27. The molecule has 3 heteroatoms. The van der Waals surface area contributed by atoms with Crippen LogP contribution in [0.2, 0.25) is 0 Å². The van der Waals surface area contributed by atoms with Crippen LogP contribution in [0, 0.1) is 0 Å². The Bertz CT molecular complexity index is 89.7. The molecule has 8 heavy (non-hydrogen) atoms. The van der Waals surface area contributed by atoms with Gasteiger partial charge in [0.1, 0.15) is 0 Å². The van der Waals surface area contributed by atoms with E-state index in [2.05, 4.69) is 19.2 Å². The van der Waals surface area contributed by atoms with Crippen molar-refractivity contribution < 1.29 is 0 Å². The zero-order chi connectivity index (χ0) is 6.20. The normalized spacial score (nSPS) is 28.9. The fourth-order valence-corrected chi connectivity index (χ4v) is 0.863. The van der Waals surface area contributed by atoms with Gasteiger partial charge in [0.2, 0.25) is 0 Å². The standard InChI is InChI=1S/C5H13N3/c1-5(2)7-3-4-8(5)6/h7H,3-4,6H2,1-2H3. The summed E-state index contributed by atoms with van der Waals surface area (Å²) in [5, 5.41) is 5.06. The summed E-state index contributed by atoms with van der Waals surface area (Å²) in [6, 6.07) is 0. The molecule has 0 aromatic heterocycles. The first-order valence-corrected chi connectivity index (χ1v) is 2.90. The molecule has 3 N–H and O–H groups in total. The second kappa shape index (κ2) is 1.69. The largest absolute Gasteiger partial charge is 0.297 e. The highest BCUT2D eigenvalue weighted by atomic mass is 15.5. The number of rotatable bonds is 0. The molecule has 1 rings (SSSR count). The van der Waals surface area contributed by atoms with Crippen molar-refractivity contribution in [2.45, 2.75) is 19.5 Å². The Balaban J connectivity index is 2.54. The first-order valence-electron chi connectivity index (χ1n) is 2.90. The molecule has 0 aromatic rings. The molecular weight excluding hydrogens is 102 g/mol. The van der Waals surface area contributed by atoms with Gasteiger partial charge in [-0.2, -0.15) is 0 Å². The lowest BCUT2D eigenvalue weighted by atomic mass is 10.3. The van der Waals surface area contributed by atoms with Gasteiger partial charge in [0.15, 0.2) is 0 Å². The van der Waals surface area contributed by atoms with Gasteiger partial charge in [-0.15, -0.1) is 0 Å². The summed E-state index contributed by atoms with van der Waals surface area (Å²) in [7, 11) is 0. The summed E-state index contributed by atoms with van der Waals surface area (Å²) in [6.07, 6.45) is 0. The van der Waals surface area contributed by atoms with Crippen molar-refractivity contribution in [1.82, 2.24) is 10.3 Å². The third kappa shape index (κ3) is 0.844. The number of nitrogens with one attached hydrogen (secondary N) is 1. The second-order valence-electron chi connectivity index (χ2n) is 2.68. The number of nitrogens with two attached hydrogens (primary N) is 1. The zero-order valence-electron chi connectivity index (χ0n) is 5.44. The Hall–Kier alpha value is -0.120. The number of nitrogens with zero attached hydrogens (tertiary/aromatic N) is 1. The zero-order valence-corrected chi connectivity index (χ0v) is 5.44. The predicted molar refractivity (Wildman–Crippen MR) is 33.0 cm³/mol. The van der Waals surface area contributed by atoms with Crippen molar-refractivity contribution in [2.75, 3.05) is 13.1 Å². The quantitative estimate of drug-likeness (QED) is 0.418. The van der Waals surface area contributed by atoms with Crippen molar-refractivity contribution in [3.63, 3.8) is 0 Å². The molecule has 1 aliphatic rings. The molecule has 48 valence electrons. The Morgan fingerprint density at radius 2 is 2.25 bits per heavy atom. The van der Waals surface area contributed by atoms with Crippen LogP contribution in [0.15, 0.2) is 0 Å². The fraction of sp³-hybridized carbons (Fsp3) is 1.00. The van der Waals surface area contributed by atoms with Crippen LogP contribution < -0.4 is 11.2 Å². The molecule has 0 aromatic carbocycles. The summed E-state index contributed by atoms with van der Waals surface area (Å²) in [6.45, 7) is 6.09. The van der Waals surface area contributed by atoms with E-state index in [0.717, 1.165) is 13.1 Å². The molecule has 0 unspecified atom stereocenters. The van der Waals surface area contributed by atoms with Crippen LogP contribution in [0.3, 0.4) is 0 Å². The minimum Gasteiger partial charge on any atom is -0.297 e. The van der Waals surface area contributed by atoms with Crippen LogP contribution in [0.4, 0.5) is 0 Å². The molecule has 0 aliphatic carbocycles. The third-order valence-corrected chi connectivity index (χ3v) is 1.63. The van der Waals surface area contributed by atoms with E-state index in [1.807, 2.05) is 5.01 Å².